The van der Waals surface area contributed by atoms with E-state index in [1.807, 2.05) is 0 Å². The van der Waals surface area contributed by atoms with E-state index in [-0.39, 0.29) is 0 Å². The molecule has 0 saturated carbocycles. The van der Waals surface area contributed by atoms with Crippen molar-refractivity contribution in [2.45, 2.75) is 18.4 Å². The minimum atomic E-state index is -4.71. The maximum atomic E-state index is 12.1. The molecule has 0 spiro atoms. The van der Waals surface area contributed by atoms with Gasteiger partial charge in [0.1, 0.15) is 11.7 Å². The van der Waals surface area contributed by atoms with Crippen molar-refractivity contribution in [3.05, 3.63) is 29.6 Å². The van der Waals surface area contributed by atoms with E-state index in [1.165, 1.54) is 0 Å². The fraction of sp³-hybridized carbons (Fsp3) is 0.375. The maximum absolute atomic E-state index is 12.1. The predicted octanol–water partition coefficient (Wildman–Crippen LogP) is 2.66. The van der Waals surface area contributed by atoms with Crippen LogP contribution in [0.2, 0.25) is 0 Å². The van der Waals surface area contributed by atoms with Crippen LogP contribution in [-0.2, 0) is 6.18 Å². The summed E-state index contributed by atoms with van der Waals surface area (Å²) < 4.78 is 72.4. The van der Waals surface area contributed by atoms with E-state index in [2.05, 4.69) is 4.98 Å². The van der Waals surface area contributed by atoms with Crippen LogP contribution in [0.4, 0.5) is 26.3 Å². The Kier molecular flexibility index (Phi) is 3.13. The number of aromatic nitrogens is 1. The molecule has 1 heterocycles. The molecule has 0 aliphatic heterocycles. The van der Waals surface area contributed by atoms with Gasteiger partial charge in [0.05, 0.1) is 0 Å². The van der Waals surface area contributed by atoms with Crippen LogP contribution in [0, 0.1) is 0 Å². The lowest BCUT2D eigenvalue weighted by Crippen LogP contribution is -2.28. The fourth-order valence-corrected chi connectivity index (χ4v) is 0.946. The molecule has 90 valence electrons. The minimum Gasteiger partial charge on any atom is -0.316 e. The van der Waals surface area contributed by atoms with Gasteiger partial charge in [-0.05, 0) is 11.6 Å². The third-order valence-electron chi connectivity index (χ3n) is 1.79. The van der Waals surface area contributed by atoms with Crippen LogP contribution >= 0.6 is 0 Å². The van der Waals surface area contributed by atoms with E-state index in [4.69, 9.17) is 5.73 Å². The first-order chi connectivity index (χ1) is 7.12. The zero-order valence-corrected chi connectivity index (χ0v) is 7.60. The molecule has 0 amide bonds. The van der Waals surface area contributed by atoms with Gasteiger partial charge in [-0.3, -0.25) is 4.98 Å². The van der Waals surface area contributed by atoms with Gasteiger partial charge >= 0.3 is 12.4 Å². The summed E-state index contributed by atoms with van der Waals surface area (Å²) in [5, 5.41) is 0. The van der Waals surface area contributed by atoms with Gasteiger partial charge in [0, 0.05) is 6.20 Å². The summed E-state index contributed by atoms with van der Waals surface area (Å²) in [5.41, 5.74) is 3.01. The fourth-order valence-electron chi connectivity index (χ4n) is 0.946. The number of alkyl halides is 6. The highest BCUT2D eigenvalue weighted by Gasteiger charge is 2.39. The molecule has 2 N–H and O–H groups in total. The summed E-state index contributed by atoms with van der Waals surface area (Å²) in [6.45, 7) is 0. The first-order valence-corrected chi connectivity index (χ1v) is 3.98. The Balaban J connectivity index is 2.96. The lowest BCUT2D eigenvalue weighted by Gasteiger charge is -2.15. The standard InChI is InChI=1S/C8H6F6N2/c9-7(10,11)5-2-1-4(3-16-5)6(15)8(12,13)14/h1-3,6H,15H2. The largest absolute Gasteiger partial charge is 0.433 e. The van der Waals surface area contributed by atoms with Gasteiger partial charge in [-0.2, -0.15) is 26.3 Å². The van der Waals surface area contributed by atoms with Gasteiger partial charge in [0.25, 0.3) is 0 Å². The second-order valence-corrected chi connectivity index (χ2v) is 2.99. The summed E-state index contributed by atoms with van der Waals surface area (Å²) in [5.74, 6) is 0. The molecule has 1 aromatic heterocycles. The van der Waals surface area contributed by atoms with Crippen LogP contribution in [0.25, 0.3) is 0 Å². The Bertz CT molecular complexity index is 352. The Labute approximate surface area is 86.1 Å². The van der Waals surface area contributed by atoms with Gasteiger partial charge in [-0.25, -0.2) is 0 Å². The second-order valence-electron chi connectivity index (χ2n) is 2.99. The van der Waals surface area contributed by atoms with Crippen molar-refractivity contribution < 1.29 is 26.3 Å². The van der Waals surface area contributed by atoms with Crippen LogP contribution < -0.4 is 5.73 Å². The molecule has 0 aromatic carbocycles. The first-order valence-electron chi connectivity index (χ1n) is 3.98. The summed E-state index contributed by atoms with van der Waals surface area (Å²) in [4.78, 5) is 2.88. The highest BCUT2D eigenvalue weighted by molar-refractivity contribution is 5.20. The number of nitrogens with two attached hydrogens (primary N) is 1. The summed E-state index contributed by atoms with van der Waals surface area (Å²) >= 11 is 0. The smallest absolute Gasteiger partial charge is 0.316 e. The molecule has 1 atom stereocenters. The maximum Gasteiger partial charge on any atom is 0.433 e. The summed E-state index contributed by atoms with van der Waals surface area (Å²) in [6.07, 6.45) is -8.91. The minimum absolute atomic E-state index is 0.459. The van der Waals surface area contributed by atoms with Gasteiger partial charge in [-0.1, -0.05) is 6.07 Å². The van der Waals surface area contributed by atoms with Crippen molar-refractivity contribution in [3.63, 3.8) is 0 Å². The quantitative estimate of drug-likeness (QED) is 0.771. The number of nitrogens with zero attached hydrogens (tertiary/aromatic N) is 1. The molecule has 16 heavy (non-hydrogen) atoms. The van der Waals surface area contributed by atoms with Gasteiger partial charge < -0.3 is 5.73 Å². The lowest BCUT2D eigenvalue weighted by atomic mass is 10.1. The SMILES string of the molecule is NC(c1ccc(C(F)(F)F)nc1)C(F)(F)F. The van der Waals surface area contributed by atoms with Gasteiger partial charge in [0.15, 0.2) is 0 Å². The topological polar surface area (TPSA) is 38.9 Å². The zero-order chi connectivity index (χ0) is 12.6. The number of hydrogen-bond donors (Lipinski definition) is 1. The molecular formula is C8H6F6N2. The second kappa shape index (κ2) is 3.93. The van der Waals surface area contributed by atoms with Crippen LogP contribution in [0.5, 0.6) is 0 Å². The Morgan fingerprint density at radius 1 is 1.06 bits per heavy atom. The van der Waals surface area contributed by atoms with E-state index in [9.17, 15) is 26.3 Å². The monoisotopic (exact) mass is 244 g/mol. The van der Waals surface area contributed by atoms with E-state index in [0.29, 0.717) is 18.3 Å². The van der Waals surface area contributed by atoms with Crippen molar-refractivity contribution in [2.75, 3.05) is 0 Å². The molecule has 0 bridgehead atoms. The molecular weight excluding hydrogens is 238 g/mol. The van der Waals surface area contributed by atoms with E-state index in [0.717, 1.165) is 0 Å². The molecule has 2 nitrogen and oxygen atoms in total. The average molecular weight is 244 g/mol. The molecule has 0 aliphatic carbocycles. The van der Waals surface area contributed by atoms with Crippen LogP contribution in [0.15, 0.2) is 18.3 Å². The normalized spacial score (nSPS) is 14.9. The van der Waals surface area contributed by atoms with Crippen LogP contribution in [0.1, 0.15) is 17.3 Å². The number of halogens is 6. The number of rotatable bonds is 1. The van der Waals surface area contributed by atoms with Crippen molar-refractivity contribution >= 4 is 0 Å². The van der Waals surface area contributed by atoms with E-state index < -0.39 is 29.7 Å². The number of hydrogen-bond acceptors (Lipinski definition) is 2. The van der Waals surface area contributed by atoms with Gasteiger partial charge in [-0.15, -0.1) is 0 Å². The Hall–Kier alpha value is -1.31. The third kappa shape index (κ3) is 2.84. The van der Waals surface area contributed by atoms with Crippen molar-refractivity contribution in [1.82, 2.24) is 4.98 Å². The van der Waals surface area contributed by atoms with Crippen molar-refractivity contribution in [2.24, 2.45) is 5.73 Å². The van der Waals surface area contributed by atoms with E-state index >= 15 is 0 Å². The molecule has 0 radical (unpaired) electrons. The van der Waals surface area contributed by atoms with Crippen molar-refractivity contribution in [1.29, 1.82) is 0 Å². The van der Waals surface area contributed by atoms with Crippen LogP contribution in [-0.4, -0.2) is 11.2 Å². The molecule has 1 unspecified atom stereocenters. The summed E-state index contributed by atoms with van der Waals surface area (Å²) in [6, 6.07) is -1.21. The number of pyridine rings is 1. The Morgan fingerprint density at radius 2 is 1.62 bits per heavy atom. The third-order valence-corrected chi connectivity index (χ3v) is 1.79. The summed E-state index contributed by atoms with van der Waals surface area (Å²) in [7, 11) is 0. The molecule has 1 aromatic rings. The predicted molar refractivity (Wildman–Crippen MR) is 42.2 cm³/mol. The molecule has 0 fully saturated rings. The van der Waals surface area contributed by atoms with Gasteiger partial charge in [0.2, 0.25) is 0 Å². The lowest BCUT2D eigenvalue weighted by molar-refractivity contribution is -0.149. The average Bonchev–Trinajstić information content (AvgIpc) is 2.14. The molecule has 0 aliphatic rings. The van der Waals surface area contributed by atoms with Crippen molar-refractivity contribution in [3.8, 4) is 0 Å². The first kappa shape index (κ1) is 12.8. The highest BCUT2D eigenvalue weighted by Crippen LogP contribution is 2.32. The zero-order valence-electron chi connectivity index (χ0n) is 7.60. The highest BCUT2D eigenvalue weighted by atomic mass is 19.4. The van der Waals surface area contributed by atoms with Crippen LogP contribution in [0.3, 0.4) is 0 Å². The molecule has 1 rings (SSSR count). The molecule has 8 heteroatoms. The Morgan fingerprint density at radius 3 is 1.94 bits per heavy atom. The van der Waals surface area contributed by atoms with E-state index in [1.54, 1.807) is 0 Å². The molecule has 0 saturated heterocycles.